The van der Waals surface area contributed by atoms with Crippen molar-refractivity contribution in [1.29, 1.82) is 0 Å². The Morgan fingerprint density at radius 3 is 2.38 bits per heavy atom. The quantitative estimate of drug-likeness (QED) is 0.897. The van der Waals surface area contributed by atoms with E-state index in [0.717, 1.165) is 12.2 Å². The second kappa shape index (κ2) is 7.38. The van der Waals surface area contributed by atoms with Crippen molar-refractivity contribution >= 4 is 11.8 Å². The van der Waals surface area contributed by atoms with Crippen LogP contribution in [-0.2, 0) is 11.3 Å². The standard InChI is InChI=1S/C15H26N4O2/c1-15(2,3)21-14(20)19(9-8-18(4)5)13-7-6-12(10-16)17-11-13/h6-7,11H,8-10,16H2,1-5H3. The number of rotatable bonds is 5. The van der Waals surface area contributed by atoms with Gasteiger partial charge in [-0.1, -0.05) is 0 Å². The van der Waals surface area contributed by atoms with Gasteiger partial charge in [0.2, 0.25) is 0 Å². The summed E-state index contributed by atoms with van der Waals surface area (Å²) < 4.78 is 5.46. The van der Waals surface area contributed by atoms with Crippen LogP contribution in [0.25, 0.3) is 0 Å². The number of hydrogen-bond donors (Lipinski definition) is 1. The molecule has 0 aliphatic carbocycles. The average Bonchev–Trinajstić information content (AvgIpc) is 2.37. The third-order valence-corrected chi connectivity index (χ3v) is 2.71. The van der Waals surface area contributed by atoms with E-state index < -0.39 is 5.60 Å². The summed E-state index contributed by atoms with van der Waals surface area (Å²) >= 11 is 0. The summed E-state index contributed by atoms with van der Waals surface area (Å²) in [5.74, 6) is 0. The molecule has 0 aliphatic heterocycles. The highest BCUT2D eigenvalue weighted by molar-refractivity contribution is 5.87. The van der Waals surface area contributed by atoms with E-state index in [-0.39, 0.29) is 6.09 Å². The second-order valence-corrected chi connectivity index (χ2v) is 6.15. The predicted octanol–water partition coefficient (Wildman–Crippen LogP) is 1.84. The maximum Gasteiger partial charge on any atom is 0.414 e. The molecule has 0 atom stereocenters. The molecule has 1 rings (SSSR count). The molecule has 0 aliphatic rings. The van der Waals surface area contributed by atoms with Crippen LogP contribution in [0.3, 0.4) is 0 Å². The molecule has 6 nitrogen and oxygen atoms in total. The number of amides is 1. The van der Waals surface area contributed by atoms with Crippen LogP contribution in [0.5, 0.6) is 0 Å². The van der Waals surface area contributed by atoms with Gasteiger partial charge in [0.1, 0.15) is 5.60 Å². The van der Waals surface area contributed by atoms with Crippen molar-refractivity contribution < 1.29 is 9.53 Å². The first-order valence-corrected chi connectivity index (χ1v) is 7.03. The smallest absolute Gasteiger partial charge is 0.414 e. The lowest BCUT2D eigenvalue weighted by molar-refractivity contribution is 0.0578. The van der Waals surface area contributed by atoms with Gasteiger partial charge in [-0.05, 0) is 47.0 Å². The van der Waals surface area contributed by atoms with Crippen molar-refractivity contribution in [1.82, 2.24) is 9.88 Å². The molecular weight excluding hydrogens is 268 g/mol. The molecule has 6 heteroatoms. The van der Waals surface area contributed by atoms with E-state index in [9.17, 15) is 4.79 Å². The van der Waals surface area contributed by atoms with Gasteiger partial charge in [-0.2, -0.15) is 0 Å². The lowest BCUT2D eigenvalue weighted by atomic mass is 10.2. The molecule has 1 heterocycles. The Labute approximate surface area is 126 Å². The maximum atomic E-state index is 12.4. The number of hydrogen-bond acceptors (Lipinski definition) is 5. The van der Waals surface area contributed by atoms with Crippen molar-refractivity contribution in [2.24, 2.45) is 5.73 Å². The minimum Gasteiger partial charge on any atom is -0.443 e. The molecule has 0 fully saturated rings. The molecule has 21 heavy (non-hydrogen) atoms. The Balaban J connectivity index is 2.91. The molecule has 0 saturated carbocycles. The Hall–Kier alpha value is -1.66. The molecule has 0 aromatic carbocycles. The Kier molecular flexibility index (Phi) is 6.11. The number of anilines is 1. The van der Waals surface area contributed by atoms with Crippen LogP contribution in [0.1, 0.15) is 26.5 Å². The topological polar surface area (TPSA) is 71.7 Å². The van der Waals surface area contributed by atoms with E-state index >= 15 is 0 Å². The molecule has 118 valence electrons. The molecule has 1 amide bonds. The van der Waals surface area contributed by atoms with Gasteiger partial charge in [-0.25, -0.2) is 4.79 Å². The molecule has 0 spiro atoms. The molecule has 2 N–H and O–H groups in total. The fraction of sp³-hybridized carbons (Fsp3) is 0.600. The zero-order valence-corrected chi connectivity index (χ0v) is 13.6. The minimum atomic E-state index is -0.530. The molecule has 0 bridgehead atoms. The van der Waals surface area contributed by atoms with E-state index in [1.165, 1.54) is 0 Å². The van der Waals surface area contributed by atoms with Gasteiger partial charge >= 0.3 is 6.09 Å². The highest BCUT2D eigenvalue weighted by Crippen LogP contribution is 2.17. The predicted molar refractivity (Wildman–Crippen MR) is 84.3 cm³/mol. The lowest BCUT2D eigenvalue weighted by Crippen LogP contribution is -2.40. The summed E-state index contributed by atoms with van der Waals surface area (Å²) in [7, 11) is 3.92. The Bertz CT molecular complexity index is 452. The number of aromatic nitrogens is 1. The van der Waals surface area contributed by atoms with Crippen molar-refractivity contribution in [3.63, 3.8) is 0 Å². The van der Waals surface area contributed by atoms with Crippen LogP contribution in [-0.4, -0.2) is 48.8 Å². The van der Waals surface area contributed by atoms with E-state index in [2.05, 4.69) is 4.98 Å². The minimum absolute atomic E-state index is 0.369. The highest BCUT2D eigenvalue weighted by Gasteiger charge is 2.23. The number of pyridine rings is 1. The van der Waals surface area contributed by atoms with Gasteiger partial charge in [-0.15, -0.1) is 0 Å². The van der Waals surface area contributed by atoms with E-state index in [0.29, 0.717) is 18.8 Å². The molecule has 0 radical (unpaired) electrons. The number of carbonyl (C=O) groups excluding carboxylic acids is 1. The molecular formula is C15H26N4O2. The number of likely N-dealkylation sites (N-methyl/N-ethyl adjacent to an activating group) is 1. The summed E-state index contributed by atoms with van der Waals surface area (Å²) in [4.78, 5) is 20.2. The van der Waals surface area contributed by atoms with Crippen LogP contribution < -0.4 is 10.6 Å². The molecule has 0 saturated heterocycles. The van der Waals surface area contributed by atoms with Gasteiger partial charge in [0.15, 0.2) is 0 Å². The first kappa shape index (κ1) is 17.4. The number of nitrogens with two attached hydrogens (primary N) is 1. The zero-order chi connectivity index (χ0) is 16.0. The lowest BCUT2D eigenvalue weighted by Gasteiger charge is -2.28. The first-order chi connectivity index (χ1) is 9.73. The zero-order valence-electron chi connectivity index (χ0n) is 13.6. The van der Waals surface area contributed by atoms with Gasteiger partial charge in [-0.3, -0.25) is 9.88 Å². The van der Waals surface area contributed by atoms with Crippen molar-refractivity contribution in [2.45, 2.75) is 32.9 Å². The third-order valence-electron chi connectivity index (χ3n) is 2.71. The molecule has 0 unspecified atom stereocenters. The Morgan fingerprint density at radius 1 is 1.29 bits per heavy atom. The van der Waals surface area contributed by atoms with Crippen molar-refractivity contribution in [3.8, 4) is 0 Å². The van der Waals surface area contributed by atoms with Crippen LogP contribution in [0.15, 0.2) is 18.3 Å². The maximum absolute atomic E-state index is 12.4. The summed E-state index contributed by atoms with van der Waals surface area (Å²) in [5, 5.41) is 0. The monoisotopic (exact) mass is 294 g/mol. The summed E-state index contributed by atoms with van der Waals surface area (Å²) in [6.45, 7) is 7.20. The van der Waals surface area contributed by atoms with Gasteiger partial charge < -0.3 is 15.4 Å². The van der Waals surface area contributed by atoms with Gasteiger partial charge in [0.25, 0.3) is 0 Å². The normalized spacial score (nSPS) is 11.6. The van der Waals surface area contributed by atoms with Crippen LogP contribution in [0.2, 0.25) is 0 Å². The summed E-state index contributed by atoms with van der Waals surface area (Å²) in [6.07, 6.45) is 1.29. The van der Waals surface area contributed by atoms with E-state index in [1.807, 2.05) is 51.9 Å². The van der Waals surface area contributed by atoms with E-state index in [4.69, 9.17) is 10.5 Å². The summed E-state index contributed by atoms with van der Waals surface area (Å²) in [5.41, 5.74) is 6.51. The van der Waals surface area contributed by atoms with E-state index in [1.54, 1.807) is 11.1 Å². The number of carbonyl (C=O) groups is 1. The molecule has 1 aromatic rings. The van der Waals surface area contributed by atoms with Crippen LogP contribution in [0, 0.1) is 0 Å². The SMILES string of the molecule is CN(C)CCN(C(=O)OC(C)(C)C)c1ccc(CN)nc1. The largest absolute Gasteiger partial charge is 0.443 e. The molecule has 1 aromatic heterocycles. The van der Waals surface area contributed by atoms with Crippen molar-refractivity contribution in [3.05, 3.63) is 24.0 Å². The average molecular weight is 294 g/mol. The fourth-order valence-electron chi connectivity index (χ4n) is 1.64. The third kappa shape index (κ3) is 6.10. The van der Waals surface area contributed by atoms with Gasteiger partial charge in [0, 0.05) is 19.6 Å². The highest BCUT2D eigenvalue weighted by atomic mass is 16.6. The first-order valence-electron chi connectivity index (χ1n) is 7.03. The summed E-state index contributed by atoms with van der Waals surface area (Å²) in [6, 6.07) is 3.66. The Morgan fingerprint density at radius 2 is 1.95 bits per heavy atom. The van der Waals surface area contributed by atoms with Crippen LogP contribution in [0.4, 0.5) is 10.5 Å². The van der Waals surface area contributed by atoms with Crippen LogP contribution >= 0.6 is 0 Å². The second-order valence-electron chi connectivity index (χ2n) is 6.15. The van der Waals surface area contributed by atoms with Crippen molar-refractivity contribution in [2.75, 3.05) is 32.1 Å². The number of ether oxygens (including phenoxy) is 1. The fourth-order valence-corrected chi connectivity index (χ4v) is 1.64. The number of nitrogens with zero attached hydrogens (tertiary/aromatic N) is 3. The van der Waals surface area contributed by atoms with Gasteiger partial charge in [0.05, 0.1) is 17.6 Å².